The van der Waals surface area contributed by atoms with E-state index in [9.17, 15) is 13.6 Å². The monoisotopic (exact) mass is 277 g/mol. The van der Waals surface area contributed by atoms with Crippen molar-refractivity contribution < 1.29 is 18.7 Å². The first-order valence-electron chi connectivity index (χ1n) is 6.04. The summed E-state index contributed by atoms with van der Waals surface area (Å²) in [6.45, 7) is 0. The number of para-hydroxylation sites is 1. The van der Waals surface area contributed by atoms with Gasteiger partial charge in [-0.25, -0.2) is 8.78 Å². The highest BCUT2D eigenvalue weighted by Crippen LogP contribution is 2.24. The van der Waals surface area contributed by atoms with Gasteiger partial charge in [0.2, 0.25) is 0 Å². The number of carbonyl (C=O) groups is 1. The Morgan fingerprint density at radius 1 is 1.10 bits per heavy atom. The number of hydrogen-bond donors (Lipinski definition) is 2. The molecular weight excluding hydrogens is 264 g/mol. The van der Waals surface area contributed by atoms with E-state index in [1.165, 1.54) is 6.07 Å². The zero-order chi connectivity index (χ0) is 14.5. The third-order valence-corrected chi connectivity index (χ3v) is 2.84. The summed E-state index contributed by atoms with van der Waals surface area (Å²) in [6.07, 6.45) is -0.236. The largest absolute Gasteiger partial charge is 0.481 e. The van der Waals surface area contributed by atoms with E-state index in [0.29, 0.717) is 11.3 Å². The quantitative estimate of drug-likeness (QED) is 0.878. The molecule has 2 N–H and O–H groups in total. The first-order valence-corrected chi connectivity index (χ1v) is 6.04. The van der Waals surface area contributed by atoms with Crippen LogP contribution in [0.15, 0.2) is 48.5 Å². The van der Waals surface area contributed by atoms with Gasteiger partial charge >= 0.3 is 5.97 Å². The Labute approximate surface area is 114 Å². The number of carboxylic acids is 1. The number of carboxylic acid groups (broad SMARTS) is 1. The standard InChI is InChI=1S/C15H13F2NO2/c16-12-7-6-10(8-13(12)17)14(9-15(19)20)18-11-4-2-1-3-5-11/h1-8,14,18H,9H2,(H,19,20). The molecule has 0 spiro atoms. The van der Waals surface area contributed by atoms with Crippen molar-refractivity contribution in [2.45, 2.75) is 12.5 Å². The van der Waals surface area contributed by atoms with E-state index in [2.05, 4.69) is 5.32 Å². The summed E-state index contributed by atoms with van der Waals surface area (Å²) < 4.78 is 26.2. The average molecular weight is 277 g/mol. The summed E-state index contributed by atoms with van der Waals surface area (Å²) in [5.41, 5.74) is 1.10. The molecule has 1 unspecified atom stereocenters. The van der Waals surface area contributed by atoms with Crippen LogP contribution in [0.2, 0.25) is 0 Å². The van der Waals surface area contributed by atoms with Gasteiger partial charge in [-0.2, -0.15) is 0 Å². The first kappa shape index (κ1) is 14.0. The van der Waals surface area contributed by atoms with Crippen molar-refractivity contribution >= 4 is 11.7 Å². The molecule has 2 aromatic rings. The van der Waals surface area contributed by atoms with Crippen molar-refractivity contribution in [2.24, 2.45) is 0 Å². The first-order chi connectivity index (χ1) is 9.56. The molecule has 3 nitrogen and oxygen atoms in total. The molecule has 0 aliphatic carbocycles. The molecule has 0 radical (unpaired) electrons. The fourth-order valence-electron chi connectivity index (χ4n) is 1.89. The lowest BCUT2D eigenvalue weighted by molar-refractivity contribution is -0.137. The van der Waals surface area contributed by atoms with Crippen LogP contribution in [0.3, 0.4) is 0 Å². The number of hydrogen-bond acceptors (Lipinski definition) is 2. The van der Waals surface area contributed by atoms with Crippen LogP contribution in [-0.4, -0.2) is 11.1 Å². The van der Waals surface area contributed by atoms with E-state index >= 15 is 0 Å². The summed E-state index contributed by atoms with van der Waals surface area (Å²) in [5, 5.41) is 11.9. The molecule has 0 aliphatic rings. The molecule has 0 bridgehead atoms. The van der Waals surface area contributed by atoms with Gasteiger partial charge in [0.1, 0.15) is 0 Å². The molecule has 5 heteroatoms. The van der Waals surface area contributed by atoms with Crippen LogP contribution in [0.25, 0.3) is 0 Å². The normalized spacial score (nSPS) is 11.9. The summed E-state index contributed by atoms with van der Waals surface area (Å²) in [7, 11) is 0. The minimum atomic E-state index is -1.02. The third kappa shape index (κ3) is 3.54. The van der Waals surface area contributed by atoms with E-state index in [-0.39, 0.29) is 6.42 Å². The predicted octanol–water partition coefficient (Wildman–Crippen LogP) is 3.59. The number of benzene rings is 2. The lowest BCUT2D eigenvalue weighted by atomic mass is 10.0. The second-order valence-corrected chi connectivity index (χ2v) is 4.33. The molecule has 104 valence electrons. The molecule has 2 rings (SSSR count). The van der Waals surface area contributed by atoms with Crippen LogP contribution in [-0.2, 0) is 4.79 Å². The molecular formula is C15H13F2NO2. The van der Waals surface area contributed by atoms with Crippen LogP contribution in [0, 0.1) is 11.6 Å². The molecule has 20 heavy (non-hydrogen) atoms. The van der Waals surface area contributed by atoms with Gasteiger partial charge in [0.15, 0.2) is 11.6 Å². The number of anilines is 1. The smallest absolute Gasteiger partial charge is 0.305 e. The minimum absolute atomic E-state index is 0.236. The molecule has 0 fully saturated rings. The van der Waals surface area contributed by atoms with E-state index in [4.69, 9.17) is 5.11 Å². The van der Waals surface area contributed by atoms with Crippen molar-refractivity contribution in [3.8, 4) is 0 Å². The topological polar surface area (TPSA) is 49.3 Å². The Morgan fingerprint density at radius 2 is 1.80 bits per heavy atom. The van der Waals surface area contributed by atoms with Crippen LogP contribution >= 0.6 is 0 Å². The van der Waals surface area contributed by atoms with Gasteiger partial charge < -0.3 is 10.4 Å². The molecule has 0 aromatic heterocycles. The third-order valence-electron chi connectivity index (χ3n) is 2.84. The predicted molar refractivity (Wildman–Crippen MR) is 71.4 cm³/mol. The molecule has 0 saturated heterocycles. The molecule has 1 atom stereocenters. The summed E-state index contributed by atoms with van der Waals surface area (Å²) in [4.78, 5) is 10.9. The van der Waals surface area contributed by atoms with Gasteiger partial charge in [-0.15, -0.1) is 0 Å². The second-order valence-electron chi connectivity index (χ2n) is 4.33. The van der Waals surface area contributed by atoms with Crippen molar-refractivity contribution in [1.29, 1.82) is 0 Å². The van der Waals surface area contributed by atoms with Gasteiger partial charge in [-0.1, -0.05) is 24.3 Å². The molecule has 0 saturated carbocycles. The average Bonchev–Trinajstić information content (AvgIpc) is 2.42. The minimum Gasteiger partial charge on any atom is -0.481 e. The van der Waals surface area contributed by atoms with E-state index in [1.807, 2.05) is 6.07 Å². The van der Waals surface area contributed by atoms with Crippen LogP contribution in [0.1, 0.15) is 18.0 Å². The second kappa shape index (κ2) is 6.14. The Bertz CT molecular complexity index is 602. The highest BCUT2D eigenvalue weighted by Gasteiger charge is 2.17. The maximum absolute atomic E-state index is 13.3. The Balaban J connectivity index is 2.27. The summed E-state index contributed by atoms with van der Waals surface area (Å²) in [5.74, 6) is -2.97. The molecule has 0 heterocycles. The fraction of sp³-hybridized carbons (Fsp3) is 0.133. The lowest BCUT2D eigenvalue weighted by Gasteiger charge is -2.19. The fourth-order valence-corrected chi connectivity index (χ4v) is 1.89. The van der Waals surface area contributed by atoms with Crippen LogP contribution in [0.4, 0.5) is 14.5 Å². The van der Waals surface area contributed by atoms with Gasteiger partial charge in [-0.05, 0) is 29.8 Å². The maximum Gasteiger partial charge on any atom is 0.305 e. The summed E-state index contributed by atoms with van der Waals surface area (Å²) in [6, 6.07) is 11.7. The van der Waals surface area contributed by atoms with E-state index < -0.39 is 23.6 Å². The molecule has 2 aromatic carbocycles. The van der Waals surface area contributed by atoms with E-state index in [0.717, 1.165) is 12.1 Å². The SMILES string of the molecule is O=C(O)CC(Nc1ccccc1)c1ccc(F)c(F)c1. The highest BCUT2D eigenvalue weighted by molar-refractivity contribution is 5.69. The van der Waals surface area contributed by atoms with Crippen molar-refractivity contribution in [3.63, 3.8) is 0 Å². The van der Waals surface area contributed by atoms with Crippen molar-refractivity contribution in [3.05, 3.63) is 65.7 Å². The number of aliphatic carboxylic acids is 1. The van der Waals surface area contributed by atoms with Crippen LogP contribution in [0.5, 0.6) is 0 Å². The Morgan fingerprint density at radius 3 is 2.40 bits per heavy atom. The Kier molecular flexibility index (Phi) is 4.30. The van der Waals surface area contributed by atoms with Gasteiger partial charge in [-0.3, -0.25) is 4.79 Å². The van der Waals surface area contributed by atoms with Crippen molar-refractivity contribution in [2.75, 3.05) is 5.32 Å². The number of halogens is 2. The zero-order valence-corrected chi connectivity index (χ0v) is 10.5. The summed E-state index contributed by atoms with van der Waals surface area (Å²) >= 11 is 0. The molecule has 0 amide bonds. The highest BCUT2D eigenvalue weighted by atomic mass is 19.2. The maximum atomic E-state index is 13.3. The zero-order valence-electron chi connectivity index (χ0n) is 10.5. The van der Waals surface area contributed by atoms with Gasteiger partial charge in [0, 0.05) is 5.69 Å². The van der Waals surface area contributed by atoms with E-state index in [1.54, 1.807) is 24.3 Å². The number of nitrogens with one attached hydrogen (secondary N) is 1. The molecule has 0 aliphatic heterocycles. The van der Waals surface area contributed by atoms with Crippen LogP contribution < -0.4 is 5.32 Å². The Hall–Kier alpha value is -2.43. The lowest BCUT2D eigenvalue weighted by Crippen LogP contribution is -2.15. The number of rotatable bonds is 5. The van der Waals surface area contributed by atoms with Gasteiger partial charge in [0.25, 0.3) is 0 Å². The van der Waals surface area contributed by atoms with Crippen molar-refractivity contribution in [1.82, 2.24) is 0 Å². The van der Waals surface area contributed by atoms with Gasteiger partial charge in [0.05, 0.1) is 12.5 Å².